The molecule has 0 radical (unpaired) electrons. The molecule has 17 heavy (non-hydrogen) atoms. The summed E-state index contributed by atoms with van der Waals surface area (Å²) in [4.78, 5) is 22.3. The molecule has 0 bridgehead atoms. The van der Waals surface area contributed by atoms with Gasteiger partial charge < -0.3 is 20.5 Å². The molecule has 1 fully saturated rings. The maximum atomic E-state index is 11.5. The molecule has 98 valence electrons. The van der Waals surface area contributed by atoms with Crippen molar-refractivity contribution >= 4 is 12.0 Å². The summed E-state index contributed by atoms with van der Waals surface area (Å²) in [6.07, 6.45) is 2.01. The van der Waals surface area contributed by atoms with E-state index in [1.54, 1.807) is 13.8 Å². The SMILES string of the molecule is CC(C)C(NC(=O)NCC1CCCO1)C(=O)O. The van der Waals surface area contributed by atoms with E-state index < -0.39 is 18.0 Å². The summed E-state index contributed by atoms with van der Waals surface area (Å²) >= 11 is 0. The Balaban J connectivity index is 2.29. The van der Waals surface area contributed by atoms with Crippen LogP contribution in [0, 0.1) is 5.92 Å². The van der Waals surface area contributed by atoms with Gasteiger partial charge in [0.2, 0.25) is 0 Å². The highest BCUT2D eigenvalue weighted by atomic mass is 16.5. The van der Waals surface area contributed by atoms with E-state index in [9.17, 15) is 9.59 Å². The normalized spacial score (nSPS) is 21.2. The standard InChI is InChI=1S/C11H20N2O4/c1-7(2)9(10(14)15)13-11(16)12-6-8-4-3-5-17-8/h7-9H,3-6H2,1-2H3,(H,14,15)(H2,12,13,16). The number of rotatable bonds is 5. The third-order valence-electron chi connectivity index (χ3n) is 2.73. The monoisotopic (exact) mass is 244 g/mol. The predicted octanol–water partition coefficient (Wildman–Crippen LogP) is 0.574. The zero-order chi connectivity index (χ0) is 12.8. The third-order valence-corrected chi connectivity index (χ3v) is 2.73. The van der Waals surface area contributed by atoms with Gasteiger partial charge in [0, 0.05) is 13.2 Å². The minimum atomic E-state index is -1.02. The van der Waals surface area contributed by atoms with Crippen LogP contribution in [0.2, 0.25) is 0 Å². The Kier molecular flexibility index (Phi) is 5.21. The van der Waals surface area contributed by atoms with Gasteiger partial charge in [-0.15, -0.1) is 0 Å². The summed E-state index contributed by atoms with van der Waals surface area (Å²) in [6, 6.07) is -1.32. The lowest BCUT2D eigenvalue weighted by molar-refractivity contribution is -0.140. The number of carboxylic acid groups (broad SMARTS) is 1. The first-order chi connectivity index (χ1) is 8.00. The highest BCUT2D eigenvalue weighted by molar-refractivity contribution is 5.82. The molecule has 1 aliphatic heterocycles. The van der Waals surface area contributed by atoms with E-state index in [2.05, 4.69) is 10.6 Å². The highest BCUT2D eigenvalue weighted by Crippen LogP contribution is 2.10. The minimum Gasteiger partial charge on any atom is -0.480 e. The number of amides is 2. The van der Waals surface area contributed by atoms with Gasteiger partial charge in [-0.3, -0.25) is 0 Å². The van der Waals surface area contributed by atoms with Gasteiger partial charge in [0.1, 0.15) is 6.04 Å². The van der Waals surface area contributed by atoms with E-state index in [1.165, 1.54) is 0 Å². The zero-order valence-corrected chi connectivity index (χ0v) is 10.2. The molecule has 6 heteroatoms. The van der Waals surface area contributed by atoms with Crippen molar-refractivity contribution in [3.05, 3.63) is 0 Å². The number of nitrogens with one attached hydrogen (secondary N) is 2. The molecule has 2 unspecified atom stereocenters. The Morgan fingerprint density at radius 3 is 2.65 bits per heavy atom. The predicted molar refractivity (Wildman–Crippen MR) is 61.8 cm³/mol. The molecular weight excluding hydrogens is 224 g/mol. The van der Waals surface area contributed by atoms with Crippen molar-refractivity contribution in [2.24, 2.45) is 5.92 Å². The van der Waals surface area contributed by atoms with Crippen molar-refractivity contribution in [1.29, 1.82) is 0 Å². The summed E-state index contributed by atoms with van der Waals surface area (Å²) in [5, 5.41) is 14.0. The van der Waals surface area contributed by atoms with Crippen molar-refractivity contribution < 1.29 is 19.4 Å². The van der Waals surface area contributed by atoms with Crippen LogP contribution >= 0.6 is 0 Å². The van der Waals surface area contributed by atoms with E-state index in [0.29, 0.717) is 6.54 Å². The first-order valence-electron chi connectivity index (χ1n) is 5.89. The third kappa shape index (κ3) is 4.60. The first-order valence-corrected chi connectivity index (χ1v) is 5.89. The number of carbonyl (C=O) groups is 2. The smallest absolute Gasteiger partial charge is 0.326 e. The molecular formula is C11H20N2O4. The molecule has 2 atom stereocenters. The van der Waals surface area contributed by atoms with Crippen LogP contribution in [0.4, 0.5) is 4.79 Å². The zero-order valence-electron chi connectivity index (χ0n) is 10.2. The van der Waals surface area contributed by atoms with Gasteiger partial charge in [-0.1, -0.05) is 13.8 Å². The van der Waals surface area contributed by atoms with E-state index in [0.717, 1.165) is 19.4 Å². The van der Waals surface area contributed by atoms with Gasteiger partial charge in [-0.05, 0) is 18.8 Å². The minimum absolute atomic E-state index is 0.0584. The number of aliphatic carboxylic acids is 1. The van der Waals surface area contributed by atoms with Crippen molar-refractivity contribution in [3.8, 4) is 0 Å². The summed E-state index contributed by atoms with van der Waals surface area (Å²) in [5.41, 5.74) is 0. The summed E-state index contributed by atoms with van der Waals surface area (Å²) < 4.78 is 5.34. The second-order valence-electron chi connectivity index (χ2n) is 4.55. The molecule has 2 amide bonds. The Morgan fingerprint density at radius 1 is 1.47 bits per heavy atom. The number of ether oxygens (including phenoxy) is 1. The van der Waals surface area contributed by atoms with Gasteiger partial charge in [0.25, 0.3) is 0 Å². The quantitative estimate of drug-likeness (QED) is 0.660. The highest BCUT2D eigenvalue weighted by Gasteiger charge is 2.24. The molecule has 0 aliphatic carbocycles. The first kappa shape index (κ1) is 13.8. The maximum Gasteiger partial charge on any atom is 0.326 e. The fraction of sp³-hybridized carbons (Fsp3) is 0.818. The molecule has 0 aromatic heterocycles. The maximum absolute atomic E-state index is 11.5. The van der Waals surface area contributed by atoms with Crippen LogP contribution in [0.3, 0.4) is 0 Å². The van der Waals surface area contributed by atoms with Crippen LogP contribution in [0.15, 0.2) is 0 Å². The van der Waals surface area contributed by atoms with Crippen LogP contribution in [0.25, 0.3) is 0 Å². The second-order valence-corrected chi connectivity index (χ2v) is 4.55. The number of hydrogen-bond donors (Lipinski definition) is 3. The largest absolute Gasteiger partial charge is 0.480 e. The number of carboxylic acids is 1. The average Bonchev–Trinajstić information content (AvgIpc) is 2.74. The Hall–Kier alpha value is -1.30. The summed E-state index contributed by atoms with van der Waals surface area (Å²) in [7, 11) is 0. The molecule has 0 spiro atoms. The lowest BCUT2D eigenvalue weighted by atomic mass is 10.1. The molecule has 0 aromatic carbocycles. The molecule has 6 nitrogen and oxygen atoms in total. The number of carbonyl (C=O) groups excluding carboxylic acids is 1. The Labute approximate surface area is 101 Å². The van der Waals surface area contributed by atoms with E-state index in [4.69, 9.17) is 9.84 Å². The lowest BCUT2D eigenvalue weighted by Crippen LogP contribution is -2.49. The van der Waals surface area contributed by atoms with E-state index in [1.807, 2.05) is 0 Å². The number of urea groups is 1. The van der Waals surface area contributed by atoms with Gasteiger partial charge in [0.05, 0.1) is 6.10 Å². The molecule has 1 aliphatic rings. The Morgan fingerprint density at radius 2 is 2.18 bits per heavy atom. The average molecular weight is 244 g/mol. The van der Waals surface area contributed by atoms with Crippen molar-refractivity contribution in [2.45, 2.75) is 38.8 Å². The van der Waals surface area contributed by atoms with Gasteiger partial charge in [-0.25, -0.2) is 9.59 Å². The molecule has 1 heterocycles. The van der Waals surface area contributed by atoms with E-state index in [-0.39, 0.29) is 12.0 Å². The molecule has 1 saturated heterocycles. The Bertz CT molecular complexity index is 275. The second kappa shape index (κ2) is 6.44. The van der Waals surface area contributed by atoms with Crippen molar-refractivity contribution in [3.63, 3.8) is 0 Å². The fourth-order valence-electron chi connectivity index (χ4n) is 1.72. The number of hydrogen-bond acceptors (Lipinski definition) is 3. The van der Waals surface area contributed by atoms with Gasteiger partial charge in [0.15, 0.2) is 0 Å². The fourth-order valence-corrected chi connectivity index (χ4v) is 1.72. The van der Waals surface area contributed by atoms with Crippen LogP contribution in [-0.2, 0) is 9.53 Å². The van der Waals surface area contributed by atoms with Crippen LogP contribution < -0.4 is 10.6 Å². The van der Waals surface area contributed by atoms with Gasteiger partial charge in [-0.2, -0.15) is 0 Å². The van der Waals surface area contributed by atoms with E-state index >= 15 is 0 Å². The van der Waals surface area contributed by atoms with Crippen LogP contribution in [0.5, 0.6) is 0 Å². The molecule has 0 saturated carbocycles. The van der Waals surface area contributed by atoms with Crippen molar-refractivity contribution in [2.75, 3.05) is 13.2 Å². The van der Waals surface area contributed by atoms with Crippen LogP contribution in [0.1, 0.15) is 26.7 Å². The topological polar surface area (TPSA) is 87.7 Å². The van der Waals surface area contributed by atoms with Gasteiger partial charge >= 0.3 is 12.0 Å². The lowest BCUT2D eigenvalue weighted by Gasteiger charge is -2.19. The summed E-state index contributed by atoms with van der Waals surface area (Å²) in [6.45, 7) is 4.66. The van der Waals surface area contributed by atoms with Crippen molar-refractivity contribution in [1.82, 2.24) is 10.6 Å². The molecule has 1 rings (SSSR count). The molecule has 0 aromatic rings. The molecule has 3 N–H and O–H groups in total. The summed E-state index contributed by atoms with van der Waals surface area (Å²) in [5.74, 6) is -1.17. The van der Waals surface area contributed by atoms with Crippen LogP contribution in [-0.4, -0.2) is 42.4 Å².